The zero-order valence-corrected chi connectivity index (χ0v) is 16.7. The van der Waals surface area contributed by atoms with Crippen LogP contribution in [-0.2, 0) is 9.53 Å². The van der Waals surface area contributed by atoms with Gasteiger partial charge in [0.15, 0.2) is 11.5 Å². The van der Waals surface area contributed by atoms with Crippen LogP contribution < -0.4 is 14.8 Å². The van der Waals surface area contributed by atoms with E-state index >= 15 is 0 Å². The van der Waals surface area contributed by atoms with Crippen molar-refractivity contribution in [2.45, 2.75) is 5.16 Å². The summed E-state index contributed by atoms with van der Waals surface area (Å²) in [4.78, 5) is 23.9. The number of thioether (sulfide) groups is 1. The summed E-state index contributed by atoms with van der Waals surface area (Å²) in [7, 11) is 1.30. The summed E-state index contributed by atoms with van der Waals surface area (Å²) >= 11 is 1.18. The van der Waals surface area contributed by atoms with Crippen LogP contribution in [0.3, 0.4) is 0 Å². The molecule has 154 valence electrons. The summed E-state index contributed by atoms with van der Waals surface area (Å²) in [5.74, 6) is 0.625. The van der Waals surface area contributed by atoms with E-state index in [2.05, 4.69) is 25.6 Å². The smallest absolute Gasteiger partial charge is 0.337 e. The molecule has 30 heavy (non-hydrogen) atoms. The van der Waals surface area contributed by atoms with Crippen molar-refractivity contribution < 1.29 is 23.8 Å². The number of carbonyl (C=O) groups excluding carboxylic acids is 2. The maximum atomic E-state index is 12.3. The maximum absolute atomic E-state index is 12.3. The molecule has 0 spiro atoms. The lowest BCUT2D eigenvalue weighted by Crippen LogP contribution is -2.16. The molecule has 10 nitrogen and oxygen atoms in total. The average Bonchev–Trinajstić information content (AvgIpc) is 3.25. The van der Waals surface area contributed by atoms with E-state index in [1.807, 2.05) is 6.07 Å². The highest BCUT2D eigenvalue weighted by Crippen LogP contribution is 2.32. The van der Waals surface area contributed by atoms with Gasteiger partial charge in [-0.15, -0.1) is 5.10 Å². The summed E-state index contributed by atoms with van der Waals surface area (Å²) in [5.41, 5.74) is 1.54. The highest BCUT2D eigenvalue weighted by molar-refractivity contribution is 7.99. The van der Waals surface area contributed by atoms with Crippen molar-refractivity contribution in [3.05, 3.63) is 48.0 Å². The summed E-state index contributed by atoms with van der Waals surface area (Å²) in [6.45, 7) is 0.987. The number of anilines is 1. The van der Waals surface area contributed by atoms with Gasteiger partial charge in [0.2, 0.25) is 11.1 Å². The van der Waals surface area contributed by atoms with E-state index < -0.39 is 5.97 Å². The van der Waals surface area contributed by atoms with Crippen LogP contribution in [0.4, 0.5) is 5.69 Å². The molecule has 1 aromatic heterocycles. The number of tetrazole rings is 1. The number of methoxy groups -OCH3 is 1. The van der Waals surface area contributed by atoms with E-state index in [1.165, 1.54) is 23.6 Å². The highest BCUT2D eigenvalue weighted by Gasteiger charge is 2.16. The Balaban J connectivity index is 1.41. The molecular weight excluding hydrogens is 410 g/mol. The number of ether oxygens (including phenoxy) is 3. The second-order valence-electron chi connectivity index (χ2n) is 6.11. The first-order chi connectivity index (χ1) is 14.6. The lowest BCUT2D eigenvalue weighted by Gasteiger charge is -2.18. The lowest BCUT2D eigenvalue weighted by molar-refractivity contribution is -0.113. The number of fused-ring (bicyclic) bond motifs is 1. The van der Waals surface area contributed by atoms with Crippen molar-refractivity contribution in [2.24, 2.45) is 0 Å². The molecular formula is C19H17N5O5S. The molecule has 0 atom stereocenters. The zero-order valence-electron chi connectivity index (χ0n) is 15.9. The third-order valence-electron chi connectivity index (χ3n) is 4.11. The van der Waals surface area contributed by atoms with Gasteiger partial charge in [0.05, 0.1) is 24.1 Å². The number of benzene rings is 2. The Kier molecular flexibility index (Phi) is 5.80. The second-order valence-corrected chi connectivity index (χ2v) is 7.05. The van der Waals surface area contributed by atoms with Gasteiger partial charge < -0.3 is 19.5 Å². The third kappa shape index (κ3) is 4.35. The van der Waals surface area contributed by atoms with Gasteiger partial charge in [-0.3, -0.25) is 4.79 Å². The number of amides is 1. The van der Waals surface area contributed by atoms with Crippen LogP contribution >= 0.6 is 11.8 Å². The van der Waals surface area contributed by atoms with Crippen LogP contribution in [0.1, 0.15) is 10.4 Å². The molecule has 1 aliphatic rings. The normalized spacial score (nSPS) is 12.3. The lowest BCUT2D eigenvalue weighted by atomic mass is 10.2. The fourth-order valence-electron chi connectivity index (χ4n) is 2.76. The Morgan fingerprint density at radius 3 is 2.83 bits per heavy atom. The van der Waals surface area contributed by atoms with E-state index in [1.54, 1.807) is 36.4 Å². The molecule has 4 rings (SSSR count). The van der Waals surface area contributed by atoms with Crippen molar-refractivity contribution >= 4 is 29.3 Å². The van der Waals surface area contributed by atoms with E-state index in [0.717, 1.165) is 0 Å². The van der Waals surface area contributed by atoms with Crippen molar-refractivity contribution in [1.82, 2.24) is 20.2 Å². The van der Waals surface area contributed by atoms with Gasteiger partial charge in [0.1, 0.15) is 13.2 Å². The number of nitrogens with one attached hydrogen (secondary N) is 1. The molecule has 0 fully saturated rings. The molecule has 0 unspecified atom stereocenters. The fourth-order valence-corrected chi connectivity index (χ4v) is 3.45. The second kappa shape index (κ2) is 8.82. The van der Waals surface area contributed by atoms with Crippen molar-refractivity contribution in [2.75, 3.05) is 31.4 Å². The highest BCUT2D eigenvalue weighted by atomic mass is 32.2. The van der Waals surface area contributed by atoms with Gasteiger partial charge in [-0.2, -0.15) is 4.68 Å². The minimum Gasteiger partial charge on any atom is -0.486 e. The molecule has 2 heterocycles. The number of hydrogen-bond donors (Lipinski definition) is 1. The number of carbonyl (C=O) groups is 2. The summed E-state index contributed by atoms with van der Waals surface area (Å²) in [6, 6.07) is 11.9. The minimum absolute atomic E-state index is 0.0768. The quantitative estimate of drug-likeness (QED) is 0.465. The van der Waals surface area contributed by atoms with E-state index in [4.69, 9.17) is 9.47 Å². The Hall–Kier alpha value is -3.60. The number of hydrogen-bond acceptors (Lipinski definition) is 9. The van der Waals surface area contributed by atoms with Crippen LogP contribution in [0.2, 0.25) is 0 Å². The van der Waals surface area contributed by atoms with Gasteiger partial charge in [0, 0.05) is 11.8 Å². The minimum atomic E-state index is -0.473. The topological polar surface area (TPSA) is 117 Å². The Bertz CT molecular complexity index is 1090. The first kappa shape index (κ1) is 19.7. The van der Waals surface area contributed by atoms with Crippen LogP contribution in [0.25, 0.3) is 5.69 Å². The number of rotatable bonds is 6. The van der Waals surface area contributed by atoms with E-state index in [0.29, 0.717) is 46.8 Å². The zero-order chi connectivity index (χ0) is 20.9. The summed E-state index contributed by atoms with van der Waals surface area (Å²) in [5, 5.41) is 14.9. The van der Waals surface area contributed by atoms with E-state index in [9.17, 15) is 9.59 Å². The molecule has 0 bridgehead atoms. The molecule has 1 aliphatic heterocycles. The largest absolute Gasteiger partial charge is 0.486 e. The number of aromatic nitrogens is 4. The molecule has 3 aromatic rings. The van der Waals surface area contributed by atoms with Gasteiger partial charge in [0.25, 0.3) is 0 Å². The van der Waals surface area contributed by atoms with Crippen molar-refractivity contribution in [3.8, 4) is 17.2 Å². The van der Waals surface area contributed by atoms with Gasteiger partial charge in [-0.1, -0.05) is 17.8 Å². The first-order valence-electron chi connectivity index (χ1n) is 8.93. The van der Waals surface area contributed by atoms with Crippen LogP contribution in [0, 0.1) is 0 Å². The molecule has 1 amide bonds. The summed E-state index contributed by atoms with van der Waals surface area (Å²) < 4.78 is 17.3. The standard InChI is InChI=1S/C19H17N5O5S/c1-27-18(26)12-3-2-4-13(9-12)20-17(25)11-30-19-21-22-23-24(19)14-5-6-15-16(10-14)29-8-7-28-15/h2-6,9-10H,7-8,11H2,1H3,(H,20,25). The Labute approximate surface area is 175 Å². The molecule has 1 N–H and O–H groups in total. The molecule has 11 heteroatoms. The molecule has 0 saturated carbocycles. The van der Waals surface area contributed by atoms with Gasteiger partial charge in [-0.25, -0.2) is 4.79 Å². The summed E-state index contributed by atoms with van der Waals surface area (Å²) in [6.07, 6.45) is 0. The maximum Gasteiger partial charge on any atom is 0.337 e. The molecule has 0 saturated heterocycles. The number of esters is 1. The Morgan fingerprint density at radius 1 is 1.17 bits per heavy atom. The van der Waals surface area contributed by atoms with Crippen LogP contribution in [-0.4, -0.2) is 58.2 Å². The SMILES string of the molecule is COC(=O)c1cccc(NC(=O)CSc2nnnn2-c2ccc3c(c2)OCCO3)c1. The molecule has 0 radical (unpaired) electrons. The molecule has 0 aliphatic carbocycles. The van der Waals surface area contributed by atoms with Gasteiger partial charge in [-0.05, 0) is 40.8 Å². The van der Waals surface area contributed by atoms with Crippen molar-refractivity contribution in [3.63, 3.8) is 0 Å². The predicted octanol–water partition coefficient (Wildman–Crippen LogP) is 1.95. The first-order valence-corrected chi connectivity index (χ1v) is 9.92. The molecule has 2 aromatic carbocycles. The monoisotopic (exact) mass is 427 g/mol. The van der Waals surface area contributed by atoms with E-state index in [-0.39, 0.29) is 11.7 Å². The number of nitrogens with zero attached hydrogens (tertiary/aromatic N) is 4. The van der Waals surface area contributed by atoms with Crippen LogP contribution in [0.5, 0.6) is 11.5 Å². The predicted molar refractivity (Wildman–Crippen MR) is 107 cm³/mol. The third-order valence-corrected chi connectivity index (χ3v) is 5.03. The van der Waals surface area contributed by atoms with Gasteiger partial charge >= 0.3 is 5.97 Å². The Morgan fingerprint density at radius 2 is 2.00 bits per heavy atom. The van der Waals surface area contributed by atoms with Crippen molar-refractivity contribution in [1.29, 1.82) is 0 Å². The average molecular weight is 427 g/mol. The fraction of sp³-hybridized carbons (Fsp3) is 0.211. The van der Waals surface area contributed by atoms with Crippen LogP contribution in [0.15, 0.2) is 47.6 Å².